The molecule has 192 valence electrons. The van der Waals surface area contributed by atoms with E-state index in [2.05, 4.69) is 30.2 Å². The smallest absolute Gasteiger partial charge is 0.272 e. The van der Waals surface area contributed by atoms with E-state index in [1.54, 1.807) is 57.5 Å². The Morgan fingerprint density at radius 3 is 2.27 bits per heavy atom. The fourth-order valence-corrected chi connectivity index (χ4v) is 4.24. The van der Waals surface area contributed by atoms with Crippen molar-refractivity contribution in [3.8, 4) is 39.9 Å². The zero-order valence-electron chi connectivity index (χ0n) is 21.0. The Bertz CT molecular complexity index is 1370. The average Bonchev–Trinajstić information content (AvgIpc) is 3.62. The number of piperazine rings is 1. The lowest BCUT2D eigenvalue weighted by Gasteiger charge is -2.35. The normalized spacial score (nSPS) is 13.5. The predicted molar refractivity (Wildman–Crippen MR) is 134 cm³/mol. The van der Waals surface area contributed by atoms with Crippen LogP contribution >= 0.6 is 0 Å². The van der Waals surface area contributed by atoms with E-state index in [1.807, 2.05) is 12.1 Å². The molecule has 1 fully saturated rings. The number of carbonyl (C=O) groups is 1. The lowest BCUT2D eigenvalue weighted by atomic mass is 10.1. The molecule has 0 aliphatic carbocycles. The van der Waals surface area contributed by atoms with Gasteiger partial charge < -0.3 is 28.5 Å². The largest absolute Gasteiger partial charge is 0.493 e. The molecule has 12 heteroatoms. The molecule has 0 bridgehead atoms. The quantitative estimate of drug-likeness (QED) is 0.400. The number of aromatic nitrogens is 5. The van der Waals surface area contributed by atoms with Crippen molar-refractivity contribution in [1.29, 1.82) is 0 Å². The summed E-state index contributed by atoms with van der Waals surface area (Å²) in [5, 5.41) is 11.1. The third-order valence-electron chi connectivity index (χ3n) is 6.19. The van der Waals surface area contributed by atoms with Gasteiger partial charge in [-0.25, -0.2) is 4.98 Å². The molecule has 4 heterocycles. The topological polar surface area (TPSA) is 132 Å². The highest BCUT2D eigenvalue weighted by atomic mass is 16.5. The number of pyridine rings is 1. The van der Waals surface area contributed by atoms with Gasteiger partial charge in [-0.3, -0.25) is 9.89 Å². The molecule has 1 saturated heterocycles. The summed E-state index contributed by atoms with van der Waals surface area (Å²) < 4.78 is 21.3. The van der Waals surface area contributed by atoms with Crippen molar-refractivity contribution >= 4 is 11.7 Å². The van der Waals surface area contributed by atoms with Gasteiger partial charge in [0, 0.05) is 50.4 Å². The Hall–Kier alpha value is -4.61. The summed E-state index contributed by atoms with van der Waals surface area (Å²) >= 11 is 0. The molecule has 3 aromatic heterocycles. The van der Waals surface area contributed by atoms with E-state index >= 15 is 0 Å². The second kappa shape index (κ2) is 10.2. The summed E-state index contributed by atoms with van der Waals surface area (Å²) in [7, 11) is 4.66. The van der Waals surface area contributed by atoms with Crippen LogP contribution in [0.4, 0.5) is 5.82 Å². The van der Waals surface area contributed by atoms with Crippen molar-refractivity contribution in [2.24, 2.45) is 0 Å². The molecule has 4 aromatic rings. The zero-order chi connectivity index (χ0) is 25.9. The van der Waals surface area contributed by atoms with Gasteiger partial charge in [-0.05, 0) is 30.3 Å². The van der Waals surface area contributed by atoms with Crippen LogP contribution in [0.3, 0.4) is 0 Å². The summed E-state index contributed by atoms with van der Waals surface area (Å²) in [6, 6.07) is 9.16. The molecule has 1 aliphatic rings. The summed E-state index contributed by atoms with van der Waals surface area (Å²) in [6.07, 6.45) is 1.73. The Kier molecular flexibility index (Phi) is 6.62. The number of aromatic amines is 1. The average molecular weight is 506 g/mol. The summed E-state index contributed by atoms with van der Waals surface area (Å²) in [5.74, 6) is 3.26. The third-order valence-corrected chi connectivity index (χ3v) is 6.19. The Balaban J connectivity index is 1.24. The van der Waals surface area contributed by atoms with E-state index in [9.17, 15) is 4.79 Å². The first-order chi connectivity index (χ1) is 18.0. The maximum absolute atomic E-state index is 13.2. The van der Waals surface area contributed by atoms with Crippen LogP contribution in [0.1, 0.15) is 16.4 Å². The highest BCUT2D eigenvalue weighted by Crippen LogP contribution is 2.40. The van der Waals surface area contributed by atoms with Crippen LogP contribution in [-0.2, 0) is 0 Å². The third kappa shape index (κ3) is 4.77. The maximum atomic E-state index is 13.2. The fraction of sp³-hybridized carbons (Fsp3) is 0.320. The number of carbonyl (C=O) groups excluding carboxylic acids is 1. The van der Waals surface area contributed by atoms with Crippen molar-refractivity contribution in [1.82, 2.24) is 30.2 Å². The van der Waals surface area contributed by atoms with E-state index in [4.69, 9.17) is 18.7 Å². The number of amides is 1. The van der Waals surface area contributed by atoms with Crippen molar-refractivity contribution in [2.45, 2.75) is 6.92 Å². The molecular weight excluding hydrogens is 478 g/mol. The number of methoxy groups -OCH3 is 3. The number of H-pyrrole nitrogens is 1. The standard InChI is InChI=1S/C25H27N7O5/c1-15-27-24(30-37-15)16-5-6-22(26-14-16)31-7-9-32(10-8-31)25(33)19-13-18(28-29-19)17-11-20(34-2)23(36-4)21(12-17)35-3/h5-6,11-14H,7-10H2,1-4H3,(H,28,29). The molecule has 0 radical (unpaired) electrons. The van der Waals surface area contributed by atoms with Crippen LogP contribution in [0.25, 0.3) is 22.6 Å². The van der Waals surface area contributed by atoms with E-state index in [-0.39, 0.29) is 5.91 Å². The minimum absolute atomic E-state index is 0.110. The molecule has 1 aliphatic heterocycles. The summed E-state index contributed by atoms with van der Waals surface area (Å²) in [5.41, 5.74) is 2.54. The number of benzene rings is 1. The molecule has 37 heavy (non-hydrogen) atoms. The van der Waals surface area contributed by atoms with E-state index in [1.165, 1.54) is 0 Å². The van der Waals surface area contributed by atoms with Crippen molar-refractivity contribution < 1.29 is 23.5 Å². The molecular formula is C25H27N7O5. The summed E-state index contributed by atoms with van der Waals surface area (Å²) in [6.45, 7) is 4.19. The summed E-state index contributed by atoms with van der Waals surface area (Å²) in [4.78, 5) is 25.9. The molecule has 1 aromatic carbocycles. The number of nitrogens with zero attached hydrogens (tertiary/aromatic N) is 6. The number of aryl methyl sites for hydroxylation is 1. The van der Waals surface area contributed by atoms with Crippen LogP contribution in [0.2, 0.25) is 0 Å². The molecule has 12 nitrogen and oxygen atoms in total. The van der Waals surface area contributed by atoms with Crippen LogP contribution in [0.5, 0.6) is 17.2 Å². The minimum atomic E-state index is -0.110. The van der Waals surface area contributed by atoms with Gasteiger partial charge in [-0.15, -0.1) is 0 Å². The highest BCUT2D eigenvalue weighted by Gasteiger charge is 2.25. The second-order valence-corrected chi connectivity index (χ2v) is 8.40. The first-order valence-corrected chi connectivity index (χ1v) is 11.7. The number of rotatable bonds is 7. The molecule has 1 amide bonds. The van der Waals surface area contributed by atoms with Gasteiger partial charge in [0.2, 0.25) is 17.5 Å². The van der Waals surface area contributed by atoms with Gasteiger partial charge >= 0.3 is 0 Å². The maximum Gasteiger partial charge on any atom is 0.272 e. The number of anilines is 1. The van der Waals surface area contributed by atoms with Gasteiger partial charge in [0.05, 0.1) is 27.0 Å². The number of ether oxygens (including phenoxy) is 3. The molecule has 0 spiro atoms. The van der Waals surface area contributed by atoms with Crippen LogP contribution in [-0.4, -0.2) is 83.6 Å². The Morgan fingerprint density at radius 1 is 0.973 bits per heavy atom. The number of nitrogens with one attached hydrogen (secondary N) is 1. The lowest BCUT2D eigenvalue weighted by molar-refractivity contribution is 0.0740. The molecule has 1 N–H and O–H groups in total. The van der Waals surface area contributed by atoms with E-state index in [0.717, 1.165) is 16.9 Å². The lowest BCUT2D eigenvalue weighted by Crippen LogP contribution is -2.49. The van der Waals surface area contributed by atoms with Crippen molar-refractivity contribution in [3.05, 3.63) is 48.1 Å². The molecule has 0 unspecified atom stereocenters. The second-order valence-electron chi connectivity index (χ2n) is 8.40. The molecule has 0 atom stereocenters. The van der Waals surface area contributed by atoms with Crippen molar-refractivity contribution in [2.75, 3.05) is 52.4 Å². The number of hydrogen-bond donors (Lipinski definition) is 1. The first kappa shape index (κ1) is 24.1. The molecule has 5 rings (SSSR count). The van der Waals surface area contributed by atoms with Crippen molar-refractivity contribution in [3.63, 3.8) is 0 Å². The van der Waals surface area contributed by atoms with Gasteiger partial charge in [0.1, 0.15) is 11.5 Å². The van der Waals surface area contributed by atoms with Crippen LogP contribution in [0, 0.1) is 6.92 Å². The van der Waals surface area contributed by atoms with E-state index < -0.39 is 0 Å². The zero-order valence-corrected chi connectivity index (χ0v) is 21.0. The van der Waals surface area contributed by atoms with Crippen LogP contribution in [0.15, 0.2) is 41.1 Å². The molecule has 0 saturated carbocycles. The van der Waals surface area contributed by atoms with Gasteiger partial charge in [-0.2, -0.15) is 10.1 Å². The predicted octanol–water partition coefficient (Wildman–Crippen LogP) is 2.82. The SMILES string of the molecule is COc1cc(-c2cc(C(=O)N3CCN(c4ccc(-c5noc(C)n5)cn4)CC3)[nH]n2)cc(OC)c1OC. The van der Waals surface area contributed by atoms with Crippen LogP contribution < -0.4 is 19.1 Å². The van der Waals surface area contributed by atoms with E-state index in [0.29, 0.717) is 66.5 Å². The Labute approximate surface area is 213 Å². The minimum Gasteiger partial charge on any atom is -0.493 e. The fourth-order valence-electron chi connectivity index (χ4n) is 4.24. The van der Waals surface area contributed by atoms with Gasteiger partial charge in [-0.1, -0.05) is 5.16 Å². The Morgan fingerprint density at radius 2 is 1.70 bits per heavy atom. The first-order valence-electron chi connectivity index (χ1n) is 11.7. The van der Waals surface area contributed by atoms with Gasteiger partial charge in [0.15, 0.2) is 11.5 Å². The van der Waals surface area contributed by atoms with Gasteiger partial charge in [0.25, 0.3) is 5.91 Å². The highest BCUT2D eigenvalue weighted by molar-refractivity contribution is 5.93. The monoisotopic (exact) mass is 505 g/mol. The number of hydrogen-bond acceptors (Lipinski definition) is 10.